The van der Waals surface area contributed by atoms with Gasteiger partial charge in [0.1, 0.15) is 17.5 Å². The van der Waals surface area contributed by atoms with Gasteiger partial charge in [0.15, 0.2) is 0 Å². The first-order valence-electron chi connectivity index (χ1n) is 10.8. The van der Waals surface area contributed by atoms with Crippen molar-refractivity contribution in [1.82, 2.24) is 14.2 Å². The van der Waals surface area contributed by atoms with Crippen LogP contribution in [0.2, 0.25) is 0 Å². The van der Waals surface area contributed by atoms with Crippen molar-refractivity contribution in [1.29, 1.82) is 0 Å². The predicted octanol–water partition coefficient (Wildman–Crippen LogP) is 1.73. The highest BCUT2D eigenvalue weighted by molar-refractivity contribution is 7.88. The summed E-state index contributed by atoms with van der Waals surface area (Å²) in [5.41, 5.74) is 0.735. The molecule has 0 bridgehead atoms. The number of aliphatic hydroxyl groups is 1. The maximum Gasteiger partial charge on any atom is 0.259 e. The first-order chi connectivity index (χ1) is 16.0. The highest BCUT2D eigenvalue weighted by Crippen LogP contribution is 2.27. The molecule has 3 rings (SSSR count). The number of likely N-dealkylation sites (N-methyl/N-ethyl adjacent to an activating group) is 1. The summed E-state index contributed by atoms with van der Waals surface area (Å²) < 4.78 is 45.0. The minimum atomic E-state index is -3.45. The quantitative estimate of drug-likeness (QED) is 0.643. The Balaban J connectivity index is 2.03. The molecule has 1 aliphatic heterocycles. The number of carbonyl (C=O) groups excluding carboxylic acids is 1. The van der Waals surface area contributed by atoms with Gasteiger partial charge in [-0.25, -0.2) is 22.1 Å². The van der Waals surface area contributed by atoms with Crippen LogP contribution in [0.5, 0.6) is 5.88 Å². The molecule has 0 aliphatic carbocycles. The van der Waals surface area contributed by atoms with E-state index in [0.29, 0.717) is 5.56 Å². The zero-order valence-electron chi connectivity index (χ0n) is 19.5. The summed E-state index contributed by atoms with van der Waals surface area (Å²) in [6.07, 6.45) is 1.93. The van der Waals surface area contributed by atoms with Crippen LogP contribution in [-0.4, -0.2) is 78.8 Å². The number of nitrogens with zero attached hydrogens (tertiary/aromatic N) is 3. The lowest BCUT2D eigenvalue weighted by molar-refractivity contribution is 0.0373. The fourth-order valence-corrected chi connectivity index (χ4v) is 3.90. The van der Waals surface area contributed by atoms with Crippen LogP contribution in [0.1, 0.15) is 35.3 Å². The molecule has 3 atom stereocenters. The molecular weight excluding hydrogens is 461 g/mol. The number of ether oxygens (including phenoxy) is 1. The molecular formula is C24H28FN3O5S. The summed E-state index contributed by atoms with van der Waals surface area (Å²) in [7, 11) is -1.99. The third kappa shape index (κ3) is 5.91. The molecule has 0 saturated heterocycles. The van der Waals surface area contributed by atoms with Crippen LogP contribution >= 0.6 is 0 Å². The molecule has 2 aromatic rings. The van der Waals surface area contributed by atoms with Gasteiger partial charge < -0.3 is 14.7 Å². The van der Waals surface area contributed by atoms with Crippen molar-refractivity contribution < 1.29 is 27.4 Å². The Kier molecular flexibility index (Phi) is 7.92. The van der Waals surface area contributed by atoms with Gasteiger partial charge in [0, 0.05) is 31.3 Å². The number of carbonyl (C=O) groups is 1. The zero-order valence-corrected chi connectivity index (χ0v) is 20.3. The number of fused-ring (bicyclic) bond motifs is 1. The Morgan fingerprint density at radius 3 is 2.71 bits per heavy atom. The van der Waals surface area contributed by atoms with Gasteiger partial charge in [0.2, 0.25) is 15.9 Å². The van der Waals surface area contributed by atoms with Gasteiger partial charge in [0.25, 0.3) is 5.91 Å². The number of aromatic nitrogens is 1. The number of hydrogen-bond acceptors (Lipinski definition) is 6. The molecule has 2 heterocycles. The summed E-state index contributed by atoms with van der Waals surface area (Å²) in [6, 6.07) is 7.13. The van der Waals surface area contributed by atoms with Crippen molar-refractivity contribution in [2.24, 2.45) is 5.92 Å². The second-order valence-corrected chi connectivity index (χ2v) is 10.6. The maximum atomic E-state index is 13.9. The lowest BCUT2D eigenvalue weighted by atomic mass is 10.0. The highest BCUT2D eigenvalue weighted by Gasteiger charge is 2.35. The molecule has 8 nitrogen and oxygen atoms in total. The number of hydrogen-bond donors (Lipinski definition) is 1. The second kappa shape index (κ2) is 10.5. The minimum absolute atomic E-state index is 0.0510. The first-order valence-corrected chi connectivity index (χ1v) is 12.6. The van der Waals surface area contributed by atoms with Gasteiger partial charge in [-0.3, -0.25) is 4.79 Å². The molecule has 0 unspecified atom stereocenters. The van der Waals surface area contributed by atoms with Crippen LogP contribution < -0.4 is 4.74 Å². The molecule has 1 amide bonds. The van der Waals surface area contributed by atoms with E-state index in [-0.39, 0.29) is 48.5 Å². The highest BCUT2D eigenvalue weighted by atomic mass is 32.2. The van der Waals surface area contributed by atoms with Crippen molar-refractivity contribution in [2.45, 2.75) is 26.0 Å². The molecule has 34 heavy (non-hydrogen) atoms. The molecule has 0 spiro atoms. The van der Waals surface area contributed by atoms with E-state index in [1.54, 1.807) is 25.1 Å². The average Bonchev–Trinajstić information content (AvgIpc) is 2.79. The van der Waals surface area contributed by atoms with E-state index in [2.05, 4.69) is 16.8 Å². The molecule has 1 aromatic carbocycles. The lowest BCUT2D eigenvalue weighted by Gasteiger charge is -2.37. The van der Waals surface area contributed by atoms with Gasteiger partial charge >= 0.3 is 0 Å². The normalized spacial score (nSPS) is 19.4. The van der Waals surface area contributed by atoms with Crippen molar-refractivity contribution in [3.8, 4) is 17.7 Å². The van der Waals surface area contributed by atoms with Crippen molar-refractivity contribution in [3.05, 3.63) is 59.0 Å². The minimum Gasteiger partial charge on any atom is -0.472 e. The van der Waals surface area contributed by atoms with Crippen LogP contribution in [0.25, 0.3) is 0 Å². The average molecular weight is 490 g/mol. The fraction of sp³-hybridized carbons (Fsp3) is 0.417. The molecule has 1 aromatic heterocycles. The number of aliphatic hydroxyl groups excluding tert-OH is 1. The summed E-state index contributed by atoms with van der Waals surface area (Å²) in [6.45, 7) is 3.63. The Bertz CT molecular complexity index is 1220. The van der Waals surface area contributed by atoms with Gasteiger partial charge in [-0.1, -0.05) is 30.9 Å². The monoisotopic (exact) mass is 489 g/mol. The Morgan fingerprint density at radius 1 is 1.35 bits per heavy atom. The number of sulfonamides is 1. The largest absolute Gasteiger partial charge is 0.472 e. The number of rotatable bonds is 5. The number of benzene rings is 1. The standard InChI is InChI=1S/C24H28FN3O5S/c1-16-13-28(17(2)15-29)24(30)20-11-18(9-10-19-7-5-6-8-21(19)25)12-26-23(20)33-22(16)14-27(3)34(4,31)32/h5-8,11-12,16-17,22,29H,13-15H2,1-4H3/t16-,17+,22-/m1/s1. The summed E-state index contributed by atoms with van der Waals surface area (Å²) in [4.78, 5) is 19.2. The van der Waals surface area contributed by atoms with Crippen LogP contribution in [0.4, 0.5) is 4.39 Å². The van der Waals surface area contributed by atoms with Crippen molar-refractivity contribution in [3.63, 3.8) is 0 Å². The van der Waals surface area contributed by atoms with Gasteiger partial charge in [-0.15, -0.1) is 0 Å². The van der Waals surface area contributed by atoms with E-state index >= 15 is 0 Å². The van der Waals surface area contributed by atoms with Crippen LogP contribution in [0.3, 0.4) is 0 Å². The molecule has 0 radical (unpaired) electrons. The second-order valence-electron chi connectivity index (χ2n) is 8.47. The third-order valence-corrected chi connectivity index (χ3v) is 7.02. The molecule has 1 N–H and O–H groups in total. The van der Waals surface area contributed by atoms with E-state index in [1.165, 1.54) is 34.6 Å². The van der Waals surface area contributed by atoms with Gasteiger partial charge in [0.05, 0.1) is 31.0 Å². The molecule has 182 valence electrons. The Morgan fingerprint density at radius 2 is 2.06 bits per heavy atom. The molecule has 1 aliphatic rings. The van der Waals surface area contributed by atoms with E-state index in [9.17, 15) is 22.7 Å². The van der Waals surface area contributed by atoms with Crippen molar-refractivity contribution in [2.75, 3.05) is 33.0 Å². The number of halogens is 1. The SMILES string of the molecule is C[C@@H]1CN([C@@H](C)CO)C(=O)c2cc(C#Cc3ccccc3F)cnc2O[C@@H]1CN(C)S(C)(=O)=O. The van der Waals surface area contributed by atoms with E-state index in [1.807, 2.05) is 6.92 Å². The van der Waals surface area contributed by atoms with Gasteiger partial charge in [-0.05, 0) is 25.1 Å². The number of pyridine rings is 1. The smallest absolute Gasteiger partial charge is 0.259 e. The van der Waals surface area contributed by atoms with E-state index in [0.717, 1.165) is 6.26 Å². The van der Waals surface area contributed by atoms with Crippen LogP contribution in [-0.2, 0) is 10.0 Å². The van der Waals surface area contributed by atoms with E-state index in [4.69, 9.17) is 4.74 Å². The summed E-state index contributed by atoms with van der Waals surface area (Å²) in [5.74, 6) is 4.52. The summed E-state index contributed by atoms with van der Waals surface area (Å²) >= 11 is 0. The van der Waals surface area contributed by atoms with Crippen molar-refractivity contribution >= 4 is 15.9 Å². The Hall–Kier alpha value is -3.00. The number of amides is 1. The fourth-order valence-electron chi connectivity index (χ4n) is 3.48. The molecule has 0 fully saturated rings. The lowest BCUT2D eigenvalue weighted by Crippen LogP contribution is -2.50. The third-order valence-electron chi connectivity index (χ3n) is 5.74. The molecule has 10 heteroatoms. The van der Waals surface area contributed by atoms with E-state index < -0.39 is 28.0 Å². The maximum absolute atomic E-state index is 13.9. The van der Waals surface area contributed by atoms with Gasteiger partial charge in [-0.2, -0.15) is 0 Å². The predicted molar refractivity (Wildman–Crippen MR) is 125 cm³/mol. The Labute approximate surface area is 199 Å². The van der Waals surface area contributed by atoms with Crippen LogP contribution in [0, 0.1) is 23.6 Å². The first kappa shape index (κ1) is 25.6. The van der Waals surface area contributed by atoms with Crippen LogP contribution in [0.15, 0.2) is 36.5 Å². The molecule has 0 saturated carbocycles. The summed E-state index contributed by atoms with van der Waals surface area (Å²) in [5, 5.41) is 9.72. The zero-order chi connectivity index (χ0) is 25.0. The topological polar surface area (TPSA) is 100 Å².